The zero-order chi connectivity index (χ0) is 25.4. The van der Waals surface area contributed by atoms with Crippen LogP contribution >= 0.6 is 11.6 Å². The Bertz CT molecular complexity index is 1230. The molecule has 0 atom stereocenters. The molecule has 0 radical (unpaired) electrons. The molecule has 7 nitrogen and oxygen atoms in total. The number of benzene rings is 1. The van der Waals surface area contributed by atoms with Gasteiger partial charge in [0, 0.05) is 42.9 Å². The van der Waals surface area contributed by atoms with E-state index in [0.29, 0.717) is 50.3 Å². The molecule has 190 valence electrons. The number of alkyl halides is 2. The van der Waals surface area contributed by atoms with Crippen molar-refractivity contribution >= 4 is 34.2 Å². The highest BCUT2D eigenvalue weighted by atomic mass is 35.5. The van der Waals surface area contributed by atoms with Gasteiger partial charge in [-0.25, -0.2) is 9.18 Å². The second kappa shape index (κ2) is 10.1. The highest BCUT2D eigenvalue weighted by Gasteiger charge is 2.33. The van der Waals surface area contributed by atoms with Gasteiger partial charge in [0.15, 0.2) is 11.6 Å². The van der Waals surface area contributed by atoms with E-state index in [0.717, 1.165) is 17.8 Å². The summed E-state index contributed by atoms with van der Waals surface area (Å²) in [6.07, 6.45) is 3.52. The van der Waals surface area contributed by atoms with Crippen LogP contribution in [-0.2, 0) is 0 Å². The van der Waals surface area contributed by atoms with E-state index < -0.39 is 35.1 Å². The van der Waals surface area contributed by atoms with Crippen LogP contribution in [0, 0.1) is 5.82 Å². The lowest BCUT2D eigenvalue weighted by Gasteiger charge is -2.33. The maximum absolute atomic E-state index is 15.4. The summed E-state index contributed by atoms with van der Waals surface area (Å²) in [7, 11) is 0. The summed E-state index contributed by atoms with van der Waals surface area (Å²) in [5.74, 6) is -2.84. The second-order valence-corrected chi connectivity index (χ2v) is 9.61. The fourth-order valence-corrected chi connectivity index (χ4v) is 4.69. The number of carboxylic acids is 1. The van der Waals surface area contributed by atoms with Crippen LogP contribution in [0.25, 0.3) is 10.9 Å². The fraction of sp³-hybridized carbons (Fsp3) is 0.500. The van der Waals surface area contributed by atoms with Gasteiger partial charge in [-0.2, -0.15) is 8.78 Å². The van der Waals surface area contributed by atoms with Crippen LogP contribution in [0.4, 0.5) is 18.9 Å². The number of nitrogens with zero attached hydrogens (tertiary/aromatic N) is 2. The smallest absolute Gasteiger partial charge is 0.387 e. The molecule has 2 aliphatic rings. The molecule has 2 N–H and O–H groups in total. The van der Waals surface area contributed by atoms with Crippen LogP contribution in [-0.4, -0.2) is 47.9 Å². The first-order valence-electron chi connectivity index (χ1n) is 11.5. The van der Waals surface area contributed by atoms with Gasteiger partial charge in [-0.3, -0.25) is 4.79 Å². The number of hydrogen-bond acceptors (Lipinski definition) is 5. The maximum atomic E-state index is 15.4. The average Bonchev–Trinajstić information content (AvgIpc) is 3.63. The predicted molar refractivity (Wildman–Crippen MR) is 127 cm³/mol. The number of pyridine rings is 1. The summed E-state index contributed by atoms with van der Waals surface area (Å²) in [6.45, 7) is 1.89. The van der Waals surface area contributed by atoms with Crippen LogP contribution < -0.4 is 20.4 Å². The molecule has 1 saturated carbocycles. The summed E-state index contributed by atoms with van der Waals surface area (Å²) < 4.78 is 48.8. The first kappa shape index (κ1) is 25.4. The molecule has 2 heterocycles. The van der Waals surface area contributed by atoms with Crippen molar-refractivity contribution in [3.05, 3.63) is 44.5 Å². The third-order valence-electron chi connectivity index (χ3n) is 6.31. The number of rotatable bonds is 8. The minimum Gasteiger partial charge on any atom is -0.477 e. The van der Waals surface area contributed by atoms with Crippen LogP contribution in [0.1, 0.15) is 55.9 Å². The predicted octanol–water partition coefficient (Wildman–Crippen LogP) is 4.87. The number of hydrogen-bond donors (Lipinski definition) is 2. The van der Waals surface area contributed by atoms with Crippen molar-refractivity contribution in [1.82, 2.24) is 9.88 Å². The summed E-state index contributed by atoms with van der Waals surface area (Å²) >= 11 is 6.44. The molecule has 4 rings (SSSR count). The number of carbonyl (C=O) groups is 1. The van der Waals surface area contributed by atoms with Gasteiger partial charge in [0.2, 0.25) is 5.43 Å². The van der Waals surface area contributed by atoms with Gasteiger partial charge < -0.3 is 24.6 Å². The number of carboxylic acid groups (broad SMARTS) is 1. The number of ether oxygens (including phenoxy) is 1. The van der Waals surface area contributed by atoms with Gasteiger partial charge >= 0.3 is 12.6 Å². The van der Waals surface area contributed by atoms with Gasteiger partial charge in [0.25, 0.3) is 0 Å². The molecule has 0 unspecified atom stereocenters. The van der Waals surface area contributed by atoms with Crippen molar-refractivity contribution in [2.24, 2.45) is 0 Å². The Morgan fingerprint density at radius 3 is 2.49 bits per heavy atom. The van der Waals surface area contributed by atoms with Gasteiger partial charge in [0.05, 0.1) is 10.9 Å². The molecule has 11 heteroatoms. The average molecular weight is 514 g/mol. The van der Waals surface area contributed by atoms with Crippen molar-refractivity contribution in [2.75, 3.05) is 24.5 Å². The number of nitrogens with one attached hydrogen (secondary N) is 1. The van der Waals surface area contributed by atoms with Gasteiger partial charge in [-0.05, 0) is 31.7 Å². The molecule has 1 saturated heterocycles. The Labute approximate surface area is 205 Å². The molecular weight excluding hydrogens is 487 g/mol. The summed E-state index contributed by atoms with van der Waals surface area (Å²) in [5.41, 5.74) is -0.654. The van der Waals surface area contributed by atoms with E-state index in [4.69, 9.17) is 16.3 Å². The number of piperidine rings is 1. The molecule has 1 aliphatic carbocycles. The number of fused-ring (bicyclic) bond motifs is 1. The largest absolute Gasteiger partial charge is 0.477 e. The first-order chi connectivity index (χ1) is 16.6. The van der Waals surface area contributed by atoms with E-state index in [2.05, 4.69) is 5.32 Å². The Hall–Kier alpha value is -2.72. The Morgan fingerprint density at radius 2 is 1.94 bits per heavy atom. The highest BCUT2D eigenvalue weighted by Crippen LogP contribution is 2.45. The van der Waals surface area contributed by atoms with Gasteiger partial charge in [-0.1, -0.05) is 31.0 Å². The van der Waals surface area contributed by atoms with E-state index >= 15 is 4.39 Å². The van der Waals surface area contributed by atoms with E-state index in [-0.39, 0.29) is 28.7 Å². The lowest BCUT2D eigenvalue weighted by Crippen LogP contribution is -2.33. The zero-order valence-electron chi connectivity index (χ0n) is 19.4. The zero-order valence-corrected chi connectivity index (χ0v) is 20.2. The monoisotopic (exact) mass is 513 g/mol. The molecule has 0 amide bonds. The van der Waals surface area contributed by atoms with Crippen LogP contribution in [0.2, 0.25) is 0 Å². The quantitative estimate of drug-likeness (QED) is 0.524. The minimum absolute atomic E-state index is 0.0142. The SMILES string of the molecule is CC(C)NCC(Cl)=C1CCN(c2c(F)cc3c(=O)c(C(=O)O)cn(C4CC4)c3c2OC(F)F)CC1. The van der Waals surface area contributed by atoms with Crippen molar-refractivity contribution in [3.8, 4) is 5.75 Å². The number of halogens is 4. The Kier molecular flexibility index (Phi) is 7.32. The maximum Gasteiger partial charge on any atom is 0.387 e. The van der Waals surface area contributed by atoms with Crippen LogP contribution in [0.3, 0.4) is 0 Å². The van der Waals surface area contributed by atoms with E-state index in [1.54, 1.807) is 4.90 Å². The molecule has 35 heavy (non-hydrogen) atoms. The Balaban J connectivity index is 1.80. The van der Waals surface area contributed by atoms with Crippen LogP contribution in [0.5, 0.6) is 5.75 Å². The van der Waals surface area contributed by atoms with Crippen molar-refractivity contribution < 1.29 is 27.8 Å². The first-order valence-corrected chi connectivity index (χ1v) is 11.9. The number of aromatic carboxylic acids is 1. The number of aromatic nitrogens is 1. The van der Waals surface area contributed by atoms with E-state index in [9.17, 15) is 23.5 Å². The van der Waals surface area contributed by atoms with E-state index in [1.165, 1.54) is 4.57 Å². The summed E-state index contributed by atoms with van der Waals surface area (Å²) in [6, 6.07) is 1.01. The second-order valence-electron chi connectivity index (χ2n) is 9.16. The van der Waals surface area contributed by atoms with Crippen LogP contribution in [0.15, 0.2) is 27.7 Å². The molecule has 1 aromatic carbocycles. The van der Waals surface area contributed by atoms with Crippen molar-refractivity contribution in [2.45, 2.75) is 58.2 Å². The normalized spacial score (nSPS) is 16.5. The minimum atomic E-state index is -3.27. The molecule has 0 spiro atoms. The highest BCUT2D eigenvalue weighted by molar-refractivity contribution is 6.30. The fourth-order valence-electron chi connectivity index (χ4n) is 4.42. The molecular formula is C24H27ClF3N3O4. The standard InChI is InChI=1S/C24H27ClF3N3O4/c1-12(2)29-10-17(25)13-5-7-30(8-6-13)20-18(26)9-15-19(22(20)35-24(27)28)31(14-3-4-14)11-16(21(15)32)23(33)34/h9,11-12,14,24,29H,3-8,10H2,1-2H3,(H,33,34). The molecule has 1 aromatic heterocycles. The topological polar surface area (TPSA) is 83.8 Å². The molecule has 0 bridgehead atoms. The Morgan fingerprint density at radius 1 is 1.29 bits per heavy atom. The third-order valence-corrected chi connectivity index (χ3v) is 6.71. The summed E-state index contributed by atoms with van der Waals surface area (Å²) in [4.78, 5) is 26.0. The third kappa shape index (κ3) is 5.28. The summed E-state index contributed by atoms with van der Waals surface area (Å²) in [5, 5.41) is 13.1. The number of anilines is 1. The lowest BCUT2D eigenvalue weighted by atomic mass is 10.0. The van der Waals surface area contributed by atoms with Crippen molar-refractivity contribution in [1.29, 1.82) is 0 Å². The molecule has 2 fully saturated rings. The van der Waals surface area contributed by atoms with Gasteiger partial charge in [-0.15, -0.1) is 0 Å². The van der Waals surface area contributed by atoms with Gasteiger partial charge in [0.1, 0.15) is 11.3 Å². The lowest BCUT2D eigenvalue weighted by molar-refractivity contribution is -0.0488. The van der Waals surface area contributed by atoms with E-state index in [1.807, 2.05) is 13.8 Å². The molecule has 2 aromatic rings. The van der Waals surface area contributed by atoms with Crippen molar-refractivity contribution in [3.63, 3.8) is 0 Å². The molecule has 1 aliphatic heterocycles.